The summed E-state index contributed by atoms with van der Waals surface area (Å²) in [6.07, 6.45) is 1.34. The maximum Gasteiger partial charge on any atom is 0.534 e. The highest BCUT2D eigenvalue weighted by Crippen LogP contribution is 2.30. The van der Waals surface area contributed by atoms with Gasteiger partial charge in [-0.3, -0.25) is 0 Å². The second-order valence-corrected chi connectivity index (χ2v) is 5.36. The van der Waals surface area contributed by atoms with Gasteiger partial charge in [-0.15, -0.1) is 0 Å². The first-order chi connectivity index (χ1) is 9.14. The van der Waals surface area contributed by atoms with Crippen LogP contribution in [-0.4, -0.2) is 23.5 Å². The van der Waals surface area contributed by atoms with Crippen LogP contribution in [-0.2, 0) is 16.5 Å². The van der Waals surface area contributed by atoms with Gasteiger partial charge >= 0.3 is 15.6 Å². The number of aryl methyl sites for hydroxylation is 1. The molecule has 0 aliphatic heterocycles. The van der Waals surface area contributed by atoms with E-state index in [2.05, 4.69) is 9.28 Å². The Morgan fingerprint density at radius 2 is 2.00 bits per heavy atom. The fraction of sp³-hybridized carbons (Fsp3) is 0.300. The first-order valence-corrected chi connectivity index (χ1v) is 6.73. The Labute approximate surface area is 110 Å². The highest BCUT2D eigenvalue weighted by molar-refractivity contribution is 7.88. The predicted octanol–water partition coefficient (Wildman–Crippen LogP) is 2.26. The van der Waals surface area contributed by atoms with E-state index in [0.717, 1.165) is 10.7 Å². The molecule has 0 amide bonds. The molecule has 2 rings (SSSR count). The Bertz CT molecular complexity index is 752. The van der Waals surface area contributed by atoms with E-state index in [9.17, 15) is 26.0 Å². The lowest BCUT2D eigenvalue weighted by molar-refractivity contribution is -0.0499. The summed E-state index contributed by atoms with van der Waals surface area (Å²) >= 11 is 0. The molecule has 2 aromatic heterocycles. The molecule has 20 heavy (non-hydrogen) atoms. The molecule has 0 N–H and O–H groups in total. The lowest BCUT2D eigenvalue weighted by atomic mass is 10.3. The van der Waals surface area contributed by atoms with Crippen LogP contribution < -0.4 is 4.18 Å². The summed E-state index contributed by atoms with van der Waals surface area (Å²) in [5, 5.41) is 3.87. The van der Waals surface area contributed by atoms with Gasteiger partial charge in [-0.1, -0.05) is 6.92 Å². The van der Waals surface area contributed by atoms with Crippen LogP contribution in [0, 0.1) is 5.82 Å². The standard InChI is InChI=1S/C10H8F4N2O3S/c1-2-7-4-8-9(3-6(11)5-16(8)15-7)19-20(17,18)10(12,13)14/h3-5H,2H2,1H3. The van der Waals surface area contributed by atoms with E-state index >= 15 is 0 Å². The third kappa shape index (κ3) is 2.55. The molecule has 10 heteroatoms. The number of hydrogen-bond donors (Lipinski definition) is 0. The van der Waals surface area contributed by atoms with E-state index < -0.39 is 27.2 Å². The van der Waals surface area contributed by atoms with Gasteiger partial charge in [-0.05, 0) is 12.5 Å². The minimum Gasteiger partial charge on any atom is -0.374 e. The van der Waals surface area contributed by atoms with Crippen LogP contribution >= 0.6 is 0 Å². The molecule has 2 aromatic rings. The van der Waals surface area contributed by atoms with Gasteiger partial charge in [-0.2, -0.15) is 26.7 Å². The topological polar surface area (TPSA) is 60.7 Å². The number of rotatable bonds is 3. The smallest absolute Gasteiger partial charge is 0.374 e. The predicted molar refractivity (Wildman–Crippen MR) is 60.1 cm³/mol. The number of halogens is 4. The van der Waals surface area contributed by atoms with Gasteiger partial charge in [-0.25, -0.2) is 8.91 Å². The van der Waals surface area contributed by atoms with Gasteiger partial charge in [0.25, 0.3) is 0 Å². The summed E-state index contributed by atoms with van der Waals surface area (Å²) in [4.78, 5) is 0. The largest absolute Gasteiger partial charge is 0.534 e. The molecule has 0 radical (unpaired) electrons. The SMILES string of the molecule is CCc1cc2c(OS(=O)(=O)C(F)(F)F)cc(F)cn2n1. The highest BCUT2D eigenvalue weighted by Gasteiger charge is 2.48. The number of pyridine rings is 1. The van der Waals surface area contributed by atoms with Crippen LogP contribution in [0.15, 0.2) is 18.3 Å². The summed E-state index contributed by atoms with van der Waals surface area (Å²) in [5.74, 6) is -1.75. The van der Waals surface area contributed by atoms with Crippen LogP contribution in [0.1, 0.15) is 12.6 Å². The summed E-state index contributed by atoms with van der Waals surface area (Å²) in [5.41, 5.74) is -5.22. The van der Waals surface area contributed by atoms with Crippen molar-refractivity contribution in [2.24, 2.45) is 0 Å². The lowest BCUT2D eigenvalue weighted by Crippen LogP contribution is -2.28. The van der Waals surface area contributed by atoms with Crippen LogP contribution in [0.5, 0.6) is 5.75 Å². The fourth-order valence-electron chi connectivity index (χ4n) is 1.49. The van der Waals surface area contributed by atoms with Crippen molar-refractivity contribution in [2.45, 2.75) is 18.9 Å². The number of fused-ring (bicyclic) bond motifs is 1. The maximum atomic E-state index is 13.3. The average Bonchev–Trinajstić information content (AvgIpc) is 2.69. The molecule has 0 aliphatic rings. The van der Waals surface area contributed by atoms with E-state index in [-0.39, 0.29) is 5.52 Å². The molecule has 0 atom stereocenters. The molecule has 0 aromatic carbocycles. The van der Waals surface area contributed by atoms with Gasteiger partial charge in [0, 0.05) is 6.07 Å². The number of hydrogen-bond acceptors (Lipinski definition) is 4. The van der Waals surface area contributed by atoms with Crippen LogP contribution in [0.25, 0.3) is 5.52 Å². The first-order valence-electron chi connectivity index (χ1n) is 5.32. The van der Waals surface area contributed by atoms with Crippen LogP contribution in [0.4, 0.5) is 17.6 Å². The third-order valence-electron chi connectivity index (χ3n) is 2.40. The van der Waals surface area contributed by atoms with Crippen LogP contribution in [0.3, 0.4) is 0 Å². The summed E-state index contributed by atoms with van der Waals surface area (Å²) in [6, 6.07) is 1.88. The Balaban J connectivity index is 2.57. The van der Waals surface area contributed by atoms with Crippen molar-refractivity contribution >= 4 is 15.6 Å². The number of alkyl halides is 3. The molecule has 0 saturated heterocycles. The van der Waals surface area contributed by atoms with Crippen molar-refractivity contribution in [3.05, 3.63) is 29.8 Å². The number of aromatic nitrogens is 2. The van der Waals surface area contributed by atoms with Crippen LogP contribution in [0.2, 0.25) is 0 Å². The van der Waals surface area contributed by atoms with E-state index in [1.165, 1.54) is 6.07 Å². The molecule has 0 bridgehead atoms. The maximum absolute atomic E-state index is 13.3. The second-order valence-electron chi connectivity index (χ2n) is 3.82. The van der Waals surface area contributed by atoms with E-state index in [1.807, 2.05) is 0 Å². The Kier molecular flexibility index (Phi) is 3.36. The van der Waals surface area contributed by atoms with Gasteiger partial charge in [0.05, 0.1) is 11.9 Å². The minimum absolute atomic E-state index is 0.0731. The molecular weight excluding hydrogens is 304 g/mol. The van der Waals surface area contributed by atoms with Gasteiger partial charge in [0.1, 0.15) is 11.3 Å². The second kappa shape index (κ2) is 4.62. The highest BCUT2D eigenvalue weighted by atomic mass is 32.2. The Hall–Kier alpha value is -1.84. The average molecular weight is 312 g/mol. The monoisotopic (exact) mass is 312 g/mol. The van der Waals surface area contributed by atoms with Gasteiger partial charge in [0.15, 0.2) is 5.75 Å². The molecule has 5 nitrogen and oxygen atoms in total. The Morgan fingerprint density at radius 1 is 1.35 bits per heavy atom. The molecular formula is C10H8F4N2O3S. The normalized spacial score (nSPS) is 12.8. The van der Waals surface area contributed by atoms with E-state index in [4.69, 9.17) is 0 Å². The molecule has 0 fully saturated rings. The molecule has 0 aliphatic carbocycles. The molecule has 0 unspecified atom stereocenters. The molecule has 110 valence electrons. The van der Waals surface area contributed by atoms with Crippen molar-refractivity contribution in [2.75, 3.05) is 0 Å². The minimum atomic E-state index is -5.86. The molecule has 0 spiro atoms. The van der Waals surface area contributed by atoms with Gasteiger partial charge in [0.2, 0.25) is 0 Å². The first kappa shape index (κ1) is 14.6. The summed E-state index contributed by atoms with van der Waals surface area (Å²) < 4.78 is 76.8. The zero-order chi connectivity index (χ0) is 15.1. The van der Waals surface area contributed by atoms with E-state index in [0.29, 0.717) is 18.2 Å². The fourth-order valence-corrected chi connectivity index (χ4v) is 1.95. The van der Waals surface area contributed by atoms with E-state index in [1.54, 1.807) is 6.92 Å². The van der Waals surface area contributed by atoms with Crippen molar-refractivity contribution < 1.29 is 30.2 Å². The van der Waals surface area contributed by atoms with Crippen molar-refractivity contribution in [1.82, 2.24) is 9.61 Å². The summed E-state index contributed by atoms with van der Waals surface area (Å²) in [7, 11) is -5.86. The zero-order valence-electron chi connectivity index (χ0n) is 9.98. The zero-order valence-corrected chi connectivity index (χ0v) is 10.8. The summed E-state index contributed by atoms with van der Waals surface area (Å²) in [6.45, 7) is 1.73. The Morgan fingerprint density at radius 3 is 2.55 bits per heavy atom. The molecule has 0 saturated carbocycles. The van der Waals surface area contributed by atoms with Crippen molar-refractivity contribution in [1.29, 1.82) is 0 Å². The lowest BCUT2D eigenvalue weighted by Gasteiger charge is -2.10. The van der Waals surface area contributed by atoms with Crippen molar-refractivity contribution in [3.8, 4) is 5.75 Å². The van der Waals surface area contributed by atoms with Gasteiger partial charge < -0.3 is 4.18 Å². The van der Waals surface area contributed by atoms with Crippen molar-refractivity contribution in [3.63, 3.8) is 0 Å². The third-order valence-corrected chi connectivity index (χ3v) is 3.36. The molecule has 2 heterocycles. The quantitative estimate of drug-likeness (QED) is 0.495. The number of nitrogens with zero attached hydrogens (tertiary/aromatic N) is 2.